The smallest absolute Gasteiger partial charge is 0.405 e. The molecule has 0 aliphatic rings. The highest BCUT2D eigenvalue weighted by molar-refractivity contribution is 7.14. The van der Waals surface area contributed by atoms with Crippen molar-refractivity contribution in [2.45, 2.75) is 0 Å². The van der Waals surface area contributed by atoms with Gasteiger partial charge in [-0.05, 0) is 12.1 Å². The molecule has 0 bridgehead atoms. The van der Waals surface area contributed by atoms with Gasteiger partial charge in [0.05, 0.1) is 5.69 Å². The van der Waals surface area contributed by atoms with E-state index in [-0.39, 0.29) is 6.54 Å². The van der Waals surface area contributed by atoms with E-state index in [4.69, 9.17) is 10.8 Å². The third-order valence-electron chi connectivity index (χ3n) is 2.33. The summed E-state index contributed by atoms with van der Waals surface area (Å²) >= 11 is 1.25. The number of hydrogen-bond acceptors (Lipinski definition) is 5. The SMILES string of the molecule is Nc1cccc(-c2csc(NC(=O)CNC(=O)O)n2)c1. The summed E-state index contributed by atoms with van der Waals surface area (Å²) in [6, 6.07) is 7.24. The number of carbonyl (C=O) groups excluding carboxylic acids is 1. The van der Waals surface area contributed by atoms with E-state index in [1.54, 1.807) is 17.5 Å². The molecule has 0 aliphatic heterocycles. The number of amides is 2. The lowest BCUT2D eigenvalue weighted by atomic mass is 10.1. The quantitative estimate of drug-likeness (QED) is 0.638. The maximum atomic E-state index is 11.4. The van der Waals surface area contributed by atoms with Gasteiger partial charge < -0.3 is 21.5 Å². The number of anilines is 2. The van der Waals surface area contributed by atoms with Crippen LogP contribution >= 0.6 is 11.3 Å². The molecule has 1 heterocycles. The van der Waals surface area contributed by atoms with Crippen molar-refractivity contribution >= 4 is 34.2 Å². The Labute approximate surface area is 118 Å². The molecular weight excluding hydrogens is 280 g/mol. The van der Waals surface area contributed by atoms with Crippen molar-refractivity contribution in [3.63, 3.8) is 0 Å². The van der Waals surface area contributed by atoms with Gasteiger partial charge in [0, 0.05) is 16.6 Å². The summed E-state index contributed by atoms with van der Waals surface area (Å²) in [6.45, 7) is -0.317. The Morgan fingerprint density at radius 1 is 1.40 bits per heavy atom. The molecule has 8 heteroatoms. The maximum absolute atomic E-state index is 11.4. The molecule has 20 heavy (non-hydrogen) atoms. The fourth-order valence-corrected chi connectivity index (χ4v) is 2.22. The van der Waals surface area contributed by atoms with E-state index in [1.165, 1.54) is 11.3 Å². The highest BCUT2D eigenvalue weighted by atomic mass is 32.1. The van der Waals surface area contributed by atoms with E-state index in [9.17, 15) is 9.59 Å². The van der Waals surface area contributed by atoms with Crippen LogP contribution in [-0.4, -0.2) is 28.6 Å². The van der Waals surface area contributed by atoms with E-state index in [0.717, 1.165) is 5.56 Å². The van der Waals surface area contributed by atoms with Gasteiger partial charge in [0.25, 0.3) is 0 Å². The zero-order valence-electron chi connectivity index (χ0n) is 10.3. The topological polar surface area (TPSA) is 117 Å². The molecule has 0 spiro atoms. The van der Waals surface area contributed by atoms with Crippen LogP contribution in [0.4, 0.5) is 15.6 Å². The van der Waals surface area contributed by atoms with Crippen LogP contribution in [0.3, 0.4) is 0 Å². The van der Waals surface area contributed by atoms with Crippen LogP contribution in [0.25, 0.3) is 11.3 Å². The highest BCUT2D eigenvalue weighted by Crippen LogP contribution is 2.25. The number of aromatic nitrogens is 1. The molecule has 0 aliphatic carbocycles. The number of hydrogen-bond donors (Lipinski definition) is 4. The minimum absolute atomic E-state index is 0.317. The fourth-order valence-electron chi connectivity index (χ4n) is 1.48. The Morgan fingerprint density at radius 2 is 2.20 bits per heavy atom. The van der Waals surface area contributed by atoms with Gasteiger partial charge in [-0.1, -0.05) is 12.1 Å². The minimum Gasteiger partial charge on any atom is -0.465 e. The Balaban J connectivity index is 2.02. The molecule has 5 N–H and O–H groups in total. The average Bonchev–Trinajstić information content (AvgIpc) is 2.85. The second-order valence-corrected chi connectivity index (χ2v) is 4.73. The Bertz CT molecular complexity index is 641. The van der Waals surface area contributed by atoms with Crippen molar-refractivity contribution in [2.24, 2.45) is 0 Å². The summed E-state index contributed by atoms with van der Waals surface area (Å²) in [5.74, 6) is -0.471. The summed E-state index contributed by atoms with van der Waals surface area (Å²) in [7, 11) is 0. The molecule has 1 aromatic heterocycles. The molecule has 0 unspecified atom stereocenters. The number of carboxylic acid groups (broad SMARTS) is 1. The first-order valence-electron chi connectivity index (χ1n) is 5.62. The van der Waals surface area contributed by atoms with Gasteiger partial charge in [-0.25, -0.2) is 9.78 Å². The Kier molecular flexibility index (Phi) is 4.16. The van der Waals surface area contributed by atoms with Crippen LogP contribution in [0.15, 0.2) is 29.6 Å². The molecule has 104 valence electrons. The number of rotatable bonds is 4. The average molecular weight is 292 g/mol. The molecular formula is C12H12N4O3S. The predicted molar refractivity (Wildman–Crippen MR) is 76.6 cm³/mol. The first kappa shape index (κ1) is 13.8. The summed E-state index contributed by atoms with van der Waals surface area (Å²) in [5, 5.41) is 15.1. The third kappa shape index (κ3) is 3.69. The molecule has 7 nitrogen and oxygen atoms in total. The van der Waals surface area contributed by atoms with Gasteiger partial charge >= 0.3 is 6.09 Å². The molecule has 0 radical (unpaired) electrons. The second-order valence-electron chi connectivity index (χ2n) is 3.87. The van der Waals surface area contributed by atoms with E-state index in [2.05, 4.69) is 10.3 Å². The lowest BCUT2D eigenvalue weighted by Gasteiger charge is -2.01. The van der Waals surface area contributed by atoms with Crippen molar-refractivity contribution in [1.82, 2.24) is 10.3 Å². The van der Waals surface area contributed by atoms with Crippen molar-refractivity contribution in [3.05, 3.63) is 29.6 Å². The molecule has 2 rings (SSSR count). The Morgan fingerprint density at radius 3 is 2.90 bits per heavy atom. The van der Waals surface area contributed by atoms with Crippen LogP contribution in [0.2, 0.25) is 0 Å². The van der Waals surface area contributed by atoms with Crippen LogP contribution in [0.1, 0.15) is 0 Å². The number of benzene rings is 1. The molecule has 1 aromatic carbocycles. The minimum atomic E-state index is -1.25. The maximum Gasteiger partial charge on any atom is 0.405 e. The Hall–Kier alpha value is -2.61. The zero-order valence-corrected chi connectivity index (χ0v) is 11.1. The van der Waals surface area contributed by atoms with E-state index in [1.807, 2.05) is 17.4 Å². The summed E-state index contributed by atoms with van der Waals surface area (Å²) in [5.41, 5.74) is 7.87. The van der Waals surface area contributed by atoms with Gasteiger partial charge in [-0.2, -0.15) is 0 Å². The lowest BCUT2D eigenvalue weighted by molar-refractivity contribution is -0.115. The summed E-state index contributed by atoms with van der Waals surface area (Å²) in [6.07, 6.45) is -1.25. The van der Waals surface area contributed by atoms with Crippen molar-refractivity contribution in [3.8, 4) is 11.3 Å². The van der Waals surface area contributed by atoms with Crippen LogP contribution < -0.4 is 16.4 Å². The van der Waals surface area contributed by atoms with Crippen molar-refractivity contribution in [1.29, 1.82) is 0 Å². The lowest BCUT2D eigenvalue weighted by Crippen LogP contribution is -2.31. The molecule has 0 saturated heterocycles. The van der Waals surface area contributed by atoms with Gasteiger partial charge in [-0.15, -0.1) is 11.3 Å². The summed E-state index contributed by atoms with van der Waals surface area (Å²) < 4.78 is 0. The van der Waals surface area contributed by atoms with Crippen LogP contribution in [0, 0.1) is 0 Å². The second kappa shape index (κ2) is 6.02. The number of carbonyl (C=O) groups is 2. The van der Waals surface area contributed by atoms with Crippen molar-refractivity contribution < 1.29 is 14.7 Å². The molecule has 2 amide bonds. The molecule has 2 aromatic rings. The zero-order chi connectivity index (χ0) is 14.5. The number of nitrogens with two attached hydrogens (primary N) is 1. The standard InChI is InChI=1S/C12H12N4O3S/c13-8-3-1-2-7(4-8)9-6-20-11(15-9)16-10(17)5-14-12(18)19/h1-4,6,14H,5,13H2,(H,18,19)(H,15,16,17). The first-order chi connectivity index (χ1) is 9.54. The van der Waals surface area contributed by atoms with E-state index >= 15 is 0 Å². The third-order valence-corrected chi connectivity index (χ3v) is 3.09. The van der Waals surface area contributed by atoms with Crippen molar-refractivity contribution in [2.75, 3.05) is 17.6 Å². The van der Waals surface area contributed by atoms with Gasteiger partial charge in [0.2, 0.25) is 5.91 Å². The van der Waals surface area contributed by atoms with Crippen LogP contribution in [0.5, 0.6) is 0 Å². The van der Waals surface area contributed by atoms with E-state index < -0.39 is 12.0 Å². The van der Waals surface area contributed by atoms with Gasteiger partial charge in [-0.3, -0.25) is 4.79 Å². The molecule has 0 atom stereocenters. The normalized spacial score (nSPS) is 10.0. The molecule has 0 fully saturated rings. The first-order valence-corrected chi connectivity index (χ1v) is 6.50. The fraction of sp³-hybridized carbons (Fsp3) is 0.0833. The van der Waals surface area contributed by atoms with Gasteiger partial charge in [0.1, 0.15) is 6.54 Å². The highest BCUT2D eigenvalue weighted by Gasteiger charge is 2.09. The monoisotopic (exact) mass is 292 g/mol. The van der Waals surface area contributed by atoms with E-state index in [0.29, 0.717) is 16.5 Å². The number of nitrogens with zero attached hydrogens (tertiary/aromatic N) is 1. The summed E-state index contributed by atoms with van der Waals surface area (Å²) in [4.78, 5) is 25.9. The predicted octanol–water partition coefficient (Wildman–Crippen LogP) is 1.60. The molecule has 0 saturated carbocycles. The largest absolute Gasteiger partial charge is 0.465 e. The van der Waals surface area contributed by atoms with Gasteiger partial charge in [0.15, 0.2) is 5.13 Å². The number of nitrogens with one attached hydrogen (secondary N) is 2. The number of nitrogen functional groups attached to an aromatic ring is 1. The van der Waals surface area contributed by atoms with Crippen LogP contribution in [-0.2, 0) is 4.79 Å². The number of thiazole rings is 1.